The third-order valence-electron chi connectivity index (χ3n) is 2.82. The van der Waals surface area contributed by atoms with Gasteiger partial charge in [-0.2, -0.15) is 0 Å². The molecule has 1 aliphatic carbocycles. The van der Waals surface area contributed by atoms with Crippen LogP contribution in [0.4, 0.5) is 0 Å². The molecule has 0 aromatic carbocycles. The van der Waals surface area contributed by atoms with Crippen molar-refractivity contribution in [3.8, 4) is 0 Å². The van der Waals surface area contributed by atoms with E-state index >= 15 is 0 Å². The van der Waals surface area contributed by atoms with E-state index in [9.17, 15) is 4.79 Å². The van der Waals surface area contributed by atoms with E-state index in [1.54, 1.807) is 28.9 Å². The molecule has 16 heavy (non-hydrogen) atoms. The highest BCUT2D eigenvalue weighted by atomic mass is 32.1. The molecule has 0 bridgehead atoms. The van der Waals surface area contributed by atoms with Gasteiger partial charge < -0.3 is 0 Å². The molecule has 0 saturated heterocycles. The minimum Gasteiger partial charge on any atom is -0.293 e. The second-order valence-corrected chi connectivity index (χ2v) is 6.05. The van der Waals surface area contributed by atoms with E-state index in [0.717, 1.165) is 22.7 Å². The molecule has 0 radical (unpaired) electrons. The number of carbonyl (C=O) groups excluding carboxylic acids is 1. The molecule has 82 valence electrons. The van der Waals surface area contributed by atoms with Crippen molar-refractivity contribution in [1.29, 1.82) is 0 Å². The Hall–Kier alpha value is -1.00. The van der Waals surface area contributed by atoms with Crippen LogP contribution in [-0.2, 0) is 19.3 Å². The molecule has 0 saturated carbocycles. The summed E-state index contributed by atoms with van der Waals surface area (Å²) in [4.78, 5) is 18.5. The zero-order valence-electron chi connectivity index (χ0n) is 8.73. The first-order valence-electron chi connectivity index (χ1n) is 5.36. The highest BCUT2D eigenvalue weighted by molar-refractivity contribution is 7.14. The van der Waals surface area contributed by atoms with E-state index in [0.29, 0.717) is 6.42 Å². The monoisotopic (exact) mass is 249 g/mol. The Labute approximate surface area is 102 Å². The zero-order chi connectivity index (χ0) is 11.0. The zero-order valence-corrected chi connectivity index (χ0v) is 10.4. The molecule has 1 aliphatic rings. The van der Waals surface area contributed by atoms with E-state index in [-0.39, 0.29) is 5.78 Å². The first-order chi connectivity index (χ1) is 7.83. The average Bonchev–Trinajstić information content (AvgIpc) is 2.91. The van der Waals surface area contributed by atoms with Crippen molar-refractivity contribution in [2.24, 2.45) is 0 Å². The van der Waals surface area contributed by atoms with Gasteiger partial charge in [-0.1, -0.05) is 0 Å². The lowest BCUT2D eigenvalue weighted by Gasteiger charge is -1.94. The molecule has 0 aliphatic heterocycles. The third-order valence-corrected chi connectivity index (χ3v) is 4.87. The molecule has 0 spiro atoms. The Morgan fingerprint density at radius 2 is 2.38 bits per heavy atom. The lowest BCUT2D eigenvalue weighted by atomic mass is 10.2. The van der Waals surface area contributed by atoms with Gasteiger partial charge in [-0.05, 0) is 30.9 Å². The van der Waals surface area contributed by atoms with Crippen LogP contribution in [-0.4, -0.2) is 10.8 Å². The van der Waals surface area contributed by atoms with E-state index in [2.05, 4.69) is 11.1 Å². The van der Waals surface area contributed by atoms with Gasteiger partial charge in [0.2, 0.25) is 0 Å². The van der Waals surface area contributed by atoms with E-state index in [1.807, 2.05) is 5.38 Å². The molecular formula is C12H11NOS2. The molecule has 0 amide bonds. The number of hydrogen-bond donors (Lipinski definition) is 0. The van der Waals surface area contributed by atoms with Crippen molar-refractivity contribution in [2.45, 2.75) is 25.7 Å². The number of Topliss-reactive ketones (excluding diaryl/α,β-unsaturated/α-hetero) is 1. The largest absolute Gasteiger partial charge is 0.293 e. The van der Waals surface area contributed by atoms with Crippen LogP contribution in [0.2, 0.25) is 0 Å². The van der Waals surface area contributed by atoms with E-state index < -0.39 is 0 Å². The summed E-state index contributed by atoms with van der Waals surface area (Å²) in [5.41, 5.74) is 1.40. The van der Waals surface area contributed by atoms with Gasteiger partial charge in [0.15, 0.2) is 5.78 Å². The molecule has 2 aromatic heterocycles. The normalized spacial score (nSPS) is 14.0. The van der Waals surface area contributed by atoms with E-state index in [1.165, 1.54) is 16.9 Å². The summed E-state index contributed by atoms with van der Waals surface area (Å²) >= 11 is 3.23. The SMILES string of the molecule is O=C(Cc1nccs1)c1cc2c(s1)CCC2. The molecule has 2 heterocycles. The van der Waals surface area contributed by atoms with Crippen LogP contribution in [0.15, 0.2) is 17.6 Å². The summed E-state index contributed by atoms with van der Waals surface area (Å²) in [7, 11) is 0. The standard InChI is InChI=1S/C12H11NOS2/c14-9(7-12-13-4-5-15-12)11-6-8-2-1-3-10(8)16-11/h4-6H,1-3,7H2. The lowest BCUT2D eigenvalue weighted by molar-refractivity contribution is 0.0996. The second kappa shape index (κ2) is 4.11. The number of aryl methyl sites for hydroxylation is 2. The highest BCUT2D eigenvalue weighted by Gasteiger charge is 2.18. The maximum Gasteiger partial charge on any atom is 0.179 e. The van der Waals surface area contributed by atoms with Gasteiger partial charge >= 0.3 is 0 Å². The van der Waals surface area contributed by atoms with Crippen LogP contribution in [0.5, 0.6) is 0 Å². The lowest BCUT2D eigenvalue weighted by Crippen LogP contribution is -2.00. The summed E-state index contributed by atoms with van der Waals surface area (Å²) < 4.78 is 0. The number of rotatable bonds is 3. The number of thiophene rings is 1. The Morgan fingerprint density at radius 1 is 1.44 bits per heavy atom. The maximum absolute atomic E-state index is 12.0. The topological polar surface area (TPSA) is 30.0 Å². The van der Waals surface area contributed by atoms with E-state index in [4.69, 9.17) is 0 Å². The number of aromatic nitrogens is 1. The summed E-state index contributed by atoms with van der Waals surface area (Å²) in [5, 5.41) is 2.83. The van der Waals surface area contributed by atoms with Gasteiger partial charge in [-0.15, -0.1) is 22.7 Å². The fourth-order valence-corrected chi connectivity index (χ4v) is 3.84. The highest BCUT2D eigenvalue weighted by Crippen LogP contribution is 2.31. The molecule has 2 aromatic rings. The quantitative estimate of drug-likeness (QED) is 0.782. The summed E-state index contributed by atoms with van der Waals surface area (Å²) in [6, 6.07) is 2.09. The fourth-order valence-electron chi connectivity index (χ4n) is 2.03. The molecule has 0 fully saturated rings. The second-order valence-electron chi connectivity index (χ2n) is 3.94. The van der Waals surface area contributed by atoms with Crippen LogP contribution < -0.4 is 0 Å². The molecule has 2 nitrogen and oxygen atoms in total. The Bertz CT molecular complexity index is 492. The van der Waals surface area contributed by atoms with Gasteiger partial charge in [0.1, 0.15) is 5.01 Å². The van der Waals surface area contributed by atoms with Crippen LogP contribution in [0.3, 0.4) is 0 Å². The minimum absolute atomic E-state index is 0.217. The van der Waals surface area contributed by atoms with Crippen molar-refractivity contribution in [3.05, 3.63) is 38.0 Å². The van der Waals surface area contributed by atoms with Crippen molar-refractivity contribution < 1.29 is 4.79 Å². The summed E-state index contributed by atoms with van der Waals surface area (Å²) in [6.07, 6.45) is 5.77. The number of hydrogen-bond acceptors (Lipinski definition) is 4. The van der Waals surface area contributed by atoms with Gasteiger partial charge in [0.05, 0.1) is 11.3 Å². The number of carbonyl (C=O) groups is 1. The molecule has 4 heteroatoms. The minimum atomic E-state index is 0.217. The van der Waals surface area contributed by atoms with Gasteiger partial charge in [-0.3, -0.25) is 4.79 Å². The summed E-state index contributed by atoms with van der Waals surface area (Å²) in [5.74, 6) is 0.217. The number of fused-ring (bicyclic) bond motifs is 1. The van der Waals surface area contributed by atoms with Gasteiger partial charge in [0, 0.05) is 16.5 Å². The summed E-state index contributed by atoms with van der Waals surface area (Å²) in [6.45, 7) is 0. The Morgan fingerprint density at radius 3 is 3.12 bits per heavy atom. The van der Waals surface area contributed by atoms with Crippen LogP contribution in [0.25, 0.3) is 0 Å². The number of thiazole rings is 1. The Balaban J connectivity index is 1.79. The molecule has 0 N–H and O–H groups in total. The van der Waals surface area contributed by atoms with Crippen molar-refractivity contribution >= 4 is 28.5 Å². The van der Waals surface area contributed by atoms with Gasteiger partial charge in [-0.25, -0.2) is 4.98 Å². The Kier molecular flexibility index (Phi) is 2.61. The average molecular weight is 249 g/mol. The van der Waals surface area contributed by atoms with Gasteiger partial charge in [0.25, 0.3) is 0 Å². The van der Waals surface area contributed by atoms with Crippen LogP contribution >= 0.6 is 22.7 Å². The predicted molar refractivity (Wildman–Crippen MR) is 66.5 cm³/mol. The van der Waals surface area contributed by atoms with Crippen molar-refractivity contribution in [1.82, 2.24) is 4.98 Å². The molecular weight excluding hydrogens is 238 g/mol. The van der Waals surface area contributed by atoms with Crippen molar-refractivity contribution in [3.63, 3.8) is 0 Å². The van der Waals surface area contributed by atoms with Crippen molar-refractivity contribution in [2.75, 3.05) is 0 Å². The number of nitrogens with zero attached hydrogens (tertiary/aromatic N) is 1. The number of ketones is 1. The smallest absolute Gasteiger partial charge is 0.179 e. The first kappa shape index (κ1) is 10.2. The third kappa shape index (κ3) is 1.83. The van der Waals surface area contributed by atoms with Crippen LogP contribution in [0, 0.1) is 0 Å². The maximum atomic E-state index is 12.0. The predicted octanol–water partition coefficient (Wildman–Crippen LogP) is 3.12. The molecule has 3 rings (SSSR count). The van der Waals surface area contributed by atoms with Crippen LogP contribution in [0.1, 0.15) is 31.5 Å². The first-order valence-corrected chi connectivity index (χ1v) is 7.06. The fraction of sp³-hybridized carbons (Fsp3) is 0.333. The molecule has 0 unspecified atom stereocenters. The molecule has 0 atom stereocenters.